The fourth-order valence-electron chi connectivity index (χ4n) is 4.04. The van der Waals surface area contributed by atoms with Crippen molar-refractivity contribution in [2.75, 3.05) is 26.2 Å². The zero-order valence-electron chi connectivity index (χ0n) is 15.8. The van der Waals surface area contributed by atoms with Crippen LogP contribution in [0.4, 0.5) is 0 Å². The molecule has 1 N–H and O–H groups in total. The van der Waals surface area contributed by atoms with Gasteiger partial charge in [-0.3, -0.25) is 9.89 Å². The third-order valence-electron chi connectivity index (χ3n) is 5.59. The first-order chi connectivity index (χ1) is 13.6. The molecule has 4 heterocycles. The van der Waals surface area contributed by atoms with Crippen LogP contribution in [0.3, 0.4) is 0 Å². The van der Waals surface area contributed by atoms with Gasteiger partial charge in [0.1, 0.15) is 5.69 Å². The normalized spacial score (nSPS) is 22.1. The Morgan fingerprint density at radius 1 is 1.07 bits per heavy atom. The molecule has 2 aliphatic rings. The van der Waals surface area contributed by atoms with E-state index in [1.54, 1.807) is 18.3 Å². The lowest BCUT2D eigenvalue weighted by Gasteiger charge is -2.33. The van der Waals surface area contributed by atoms with Gasteiger partial charge in [-0.25, -0.2) is 8.42 Å². The third-order valence-corrected chi connectivity index (χ3v) is 7.33. The van der Waals surface area contributed by atoms with Crippen LogP contribution in [0.25, 0.3) is 11.5 Å². The quantitative estimate of drug-likeness (QED) is 0.841. The lowest BCUT2D eigenvalue weighted by molar-refractivity contribution is -0.136. The standard InChI is InChI=1S/C19H26N4O4S/c24-19(22-11-3-1-2-4-12-22)15-6-5-13-23(14-15)28(25,26)18-8-7-17(27-18)16-9-10-20-21-16/h7-10,15H,1-6,11-14H2,(H,20,21). The average molecular weight is 407 g/mol. The van der Waals surface area contributed by atoms with Gasteiger partial charge in [0, 0.05) is 32.4 Å². The van der Waals surface area contributed by atoms with Gasteiger partial charge in [-0.15, -0.1) is 0 Å². The van der Waals surface area contributed by atoms with Gasteiger partial charge >= 0.3 is 0 Å². The Labute approximate surface area is 164 Å². The molecule has 0 aliphatic carbocycles. The smallest absolute Gasteiger partial charge is 0.276 e. The van der Waals surface area contributed by atoms with E-state index < -0.39 is 10.0 Å². The molecule has 2 aromatic heterocycles. The lowest BCUT2D eigenvalue weighted by atomic mass is 9.98. The minimum atomic E-state index is -3.78. The molecular weight excluding hydrogens is 380 g/mol. The molecule has 0 saturated carbocycles. The van der Waals surface area contributed by atoms with Crippen molar-refractivity contribution in [3.63, 3.8) is 0 Å². The number of amides is 1. The van der Waals surface area contributed by atoms with E-state index in [1.165, 1.54) is 10.4 Å². The van der Waals surface area contributed by atoms with Crippen LogP contribution < -0.4 is 0 Å². The summed E-state index contributed by atoms with van der Waals surface area (Å²) in [5.74, 6) is 0.244. The van der Waals surface area contributed by atoms with Crippen LogP contribution in [0.1, 0.15) is 38.5 Å². The second kappa shape index (κ2) is 8.08. The first-order valence-electron chi connectivity index (χ1n) is 9.94. The maximum Gasteiger partial charge on any atom is 0.276 e. The molecule has 2 aliphatic heterocycles. The van der Waals surface area contributed by atoms with Crippen molar-refractivity contribution in [1.29, 1.82) is 0 Å². The Morgan fingerprint density at radius 2 is 1.86 bits per heavy atom. The van der Waals surface area contributed by atoms with Crippen molar-refractivity contribution in [3.8, 4) is 11.5 Å². The predicted octanol–water partition coefficient (Wildman–Crippen LogP) is 2.47. The zero-order valence-corrected chi connectivity index (χ0v) is 16.7. The minimum Gasteiger partial charge on any atom is -0.442 e. The van der Waals surface area contributed by atoms with Gasteiger partial charge in [0.05, 0.1) is 5.92 Å². The first kappa shape index (κ1) is 19.2. The summed E-state index contributed by atoms with van der Waals surface area (Å²) in [6, 6.07) is 4.79. The summed E-state index contributed by atoms with van der Waals surface area (Å²) in [5.41, 5.74) is 0.620. The number of H-pyrrole nitrogens is 1. The molecule has 152 valence electrons. The second-order valence-electron chi connectivity index (χ2n) is 7.53. The van der Waals surface area contributed by atoms with Gasteiger partial charge in [0.15, 0.2) is 5.76 Å². The number of piperidine rings is 1. The maximum atomic E-state index is 13.1. The van der Waals surface area contributed by atoms with Gasteiger partial charge in [-0.1, -0.05) is 12.8 Å². The molecule has 0 aromatic carbocycles. The van der Waals surface area contributed by atoms with Crippen LogP contribution in [0, 0.1) is 5.92 Å². The van der Waals surface area contributed by atoms with E-state index in [4.69, 9.17) is 4.42 Å². The van der Waals surface area contributed by atoms with E-state index in [2.05, 4.69) is 10.2 Å². The molecule has 0 bridgehead atoms. The van der Waals surface area contributed by atoms with E-state index in [0.717, 1.165) is 45.2 Å². The molecule has 0 radical (unpaired) electrons. The SMILES string of the molecule is O=C(C1CCCN(S(=O)(=O)c2ccc(-c3ccn[nH]3)o2)C1)N1CCCCCC1. The zero-order chi connectivity index (χ0) is 19.6. The summed E-state index contributed by atoms with van der Waals surface area (Å²) < 4.78 is 33.1. The summed E-state index contributed by atoms with van der Waals surface area (Å²) in [6.45, 7) is 2.20. The number of nitrogens with one attached hydrogen (secondary N) is 1. The summed E-state index contributed by atoms with van der Waals surface area (Å²) in [7, 11) is -3.78. The van der Waals surface area contributed by atoms with Gasteiger partial charge in [0.25, 0.3) is 10.0 Å². The summed E-state index contributed by atoms with van der Waals surface area (Å²) in [5, 5.41) is 6.51. The Balaban J connectivity index is 1.48. The minimum absolute atomic E-state index is 0.0967. The van der Waals surface area contributed by atoms with Crippen molar-refractivity contribution >= 4 is 15.9 Å². The number of hydrogen-bond acceptors (Lipinski definition) is 5. The van der Waals surface area contributed by atoms with Crippen LogP contribution in [-0.2, 0) is 14.8 Å². The number of hydrogen-bond donors (Lipinski definition) is 1. The van der Waals surface area contributed by atoms with Crippen LogP contribution in [-0.4, -0.2) is 59.9 Å². The van der Waals surface area contributed by atoms with Crippen molar-refractivity contribution in [2.45, 2.75) is 43.6 Å². The Morgan fingerprint density at radius 3 is 2.57 bits per heavy atom. The molecule has 9 heteroatoms. The van der Waals surface area contributed by atoms with Gasteiger partial charge in [0.2, 0.25) is 11.0 Å². The van der Waals surface area contributed by atoms with Crippen molar-refractivity contribution < 1.29 is 17.6 Å². The van der Waals surface area contributed by atoms with E-state index in [0.29, 0.717) is 24.4 Å². The summed E-state index contributed by atoms with van der Waals surface area (Å²) >= 11 is 0. The number of furan rings is 1. The fraction of sp³-hybridized carbons (Fsp3) is 0.579. The molecule has 1 amide bonds. The van der Waals surface area contributed by atoms with E-state index >= 15 is 0 Å². The number of likely N-dealkylation sites (tertiary alicyclic amines) is 1. The predicted molar refractivity (Wildman–Crippen MR) is 103 cm³/mol. The van der Waals surface area contributed by atoms with Crippen molar-refractivity contribution in [3.05, 3.63) is 24.4 Å². The molecule has 4 rings (SSSR count). The Hall–Kier alpha value is -2.13. The van der Waals surface area contributed by atoms with Crippen LogP contribution in [0.15, 0.2) is 33.9 Å². The van der Waals surface area contributed by atoms with Crippen LogP contribution in [0.2, 0.25) is 0 Å². The molecule has 8 nitrogen and oxygen atoms in total. The number of carbonyl (C=O) groups excluding carboxylic acids is 1. The van der Waals surface area contributed by atoms with Crippen molar-refractivity contribution in [1.82, 2.24) is 19.4 Å². The largest absolute Gasteiger partial charge is 0.442 e. The number of carbonyl (C=O) groups is 1. The molecule has 1 atom stereocenters. The van der Waals surface area contributed by atoms with E-state index in [9.17, 15) is 13.2 Å². The number of rotatable bonds is 4. The highest BCUT2D eigenvalue weighted by molar-refractivity contribution is 7.89. The van der Waals surface area contributed by atoms with E-state index in [-0.39, 0.29) is 23.5 Å². The molecule has 2 fully saturated rings. The van der Waals surface area contributed by atoms with E-state index in [1.807, 2.05) is 4.90 Å². The van der Waals surface area contributed by atoms with Gasteiger partial charge in [-0.05, 0) is 43.9 Å². The second-order valence-corrected chi connectivity index (χ2v) is 9.40. The summed E-state index contributed by atoms with van der Waals surface area (Å²) in [4.78, 5) is 14.9. The summed E-state index contributed by atoms with van der Waals surface area (Å²) in [6.07, 6.45) is 7.37. The molecule has 1 unspecified atom stereocenters. The monoisotopic (exact) mass is 406 g/mol. The lowest BCUT2D eigenvalue weighted by Crippen LogP contribution is -2.46. The maximum absolute atomic E-state index is 13.1. The Bertz CT molecular complexity index is 898. The fourth-order valence-corrected chi connectivity index (χ4v) is 5.47. The number of sulfonamides is 1. The number of aromatic nitrogens is 2. The van der Waals surface area contributed by atoms with Crippen LogP contribution >= 0.6 is 0 Å². The highest BCUT2D eigenvalue weighted by atomic mass is 32.2. The number of aromatic amines is 1. The highest BCUT2D eigenvalue weighted by Crippen LogP contribution is 2.29. The van der Waals surface area contributed by atoms with Crippen LogP contribution in [0.5, 0.6) is 0 Å². The first-order valence-corrected chi connectivity index (χ1v) is 11.4. The molecule has 2 aromatic rings. The topological polar surface area (TPSA) is 99.5 Å². The Kier molecular flexibility index (Phi) is 5.54. The number of nitrogens with zero attached hydrogens (tertiary/aromatic N) is 3. The highest BCUT2D eigenvalue weighted by Gasteiger charge is 2.36. The molecular formula is C19H26N4O4S. The molecule has 28 heavy (non-hydrogen) atoms. The average Bonchev–Trinajstić information content (AvgIpc) is 3.35. The molecule has 2 saturated heterocycles. The van der Waals surface area contributed by atoms with Crippen molar-refractivity contribution in [2.24, 2.45) is 5.92 Å². The third kappa shape index (κ3) is 3.86. The molecule has 0 spiro atoms. The van der Waals surface area contributed by atoms with Gasteiger partial charge < -0.3 is 9.32 Å². The van der Waals surface area contributed by atoms with Gasteiger partial charge in [-0.2, -0.15) is 9.40 Å².